The van der Waals surface area contributed by atoms with E-state index in [0.717, 1.165) is 4.68 Å². The number of piperidine rings is 1. The van der Waals surface area contributed by atoms with E-state index < -0.39 is 11.5 Å². The molecular formula is C13H17BrN4O4. The molecule has 1 fully saturated rings. The van der Waals surface area contributed by atoms with Crippen LogP contribution in [0.15, 0.2) is 15.5 Å². The SMILES string of the molecule is COC(=O)Cn1ncc(N2CCC(C(N)=O)CC2)c(Br)c1=O. The van der Waals surface area contributed by atoms with Crippen LogP contribution in [-0.2, 0) is 20.9 Å². The molecule has 22 heavy (non-hydrogen) atoms. The maximum Gasteiger partial charge on any atom is 0.327 e. The van der Waals surface area contributed by atoms with Gasteiger partial charge in [0.2, 0.25) is 5.91 Å². The first-order chi connectivity index (χ1) is 10.4. The molecule has 120 valence electrons. The highest BCUT2D eigenvalue weighted by molar-refractivity contribution is 9.10. The van der Waals surface area contributed by atoms with Crippen molar-refractivity contribution in [2.45, 2.75) is 19.4 Å². The summed E-state index contributed by atoms with van der Waals surface area (Å²) in [6.45, 7) is 1.00. The fraction of sp³-hybridized carbons (Fsp3) is 0.538. The Kier molecular flexibility index (Phi) is 5.17. The molecule has 0 spiro atoms. The van der Waals surface area contributed by atoms with Crippen molar-refractivity contribution in [3.8, 4) is 0 Å². The molecule has 0 atom stereocenters. The van der Waals surface area contributed by atoms with Gasteiger partial charge >= 0.3 is 5.97 Å². The molecule has 0 aliphatic carbocycles. The van der Waals surface area contributed by atoms with Gasteiger partial charge in [0.15, 0.2) is 0 Å². The van der Waals surface area contributed by atoms with E-state index in [2.05, 4.69) is 25.8 Å². The molecule has 1 amide bonds. The first-order valence-corrected chi connectivity index (χ1v) is 7.60. The Balaban J connectivity index is 2.17. The maximum absolute atomic E-state index is 12.2. The number of hydrogen-bond acceptors (Lipinski definition) is 6. The van der Waals surface area contributed by atoms with E-state index in [9.17, 15) is 14.4 Å². The molecule has 1 aromatic heterocycles. The van der Waals surface area contributed by atoms with Gasteiger partial charge in [0.05, 0.1) is 19.0 Å². The molecule has 1 aliphatic rings. The second kappa shape index (κ2) is 6.91. The highest BCUT2D eigenvalue weighted by atomic mass is 79.9. The number of methoxy groups -OCH3 is 1. The number of nitrogens with two attached hydrogens (primary N) is 1. The lowest BCUT2D eigenvalue weighted by molar-refractivity contribution is -0.141. The fourth-order valence-electron chi connectivity index (χ4n) is 2.38. The average molecular weight is 373 g/mol. The third-order valence-electron chi connectivity index (χ3n) is 3.71. The number of rotatable bonds is 4. The number of primary amides is 1. The van der Waals surface area contributed by atoms with Gasteiger partial charge in [-0.3, -0.25) is 14.4 Å². The van der Waals surface area contributed by atoms with Crippen molar-refractivity contribution >= 4 is 33.5 Å². The molecule has 0 saturated carbocycles. The van der Waals surface area contributed by atoms with Crippen molar-refractivity contribution < 1.29 is 14.3 Å². The predicted octanol–water partition coefficient (Wildman–Crippen LogP) is -0.120. The van der Waals surface area contributed by atoms with Crippen LogP contribution >= 0.6 is 15.9 Å². The number of carbonyl (C=O) groups excluding carboxylic acids is 2. The lowest BCUT2D eigenvalue weighted by atomic mass is 9.96. The molecule has 0 radical (unpaired) electrons. The number of hydrogen-bond donors (Lipinski definition) is 1. The van der Waals surface area contributed by atoms with Gasteiger partial charge in [-0.05, 0) is 28.8 Å². The lowest BCUT2D eigenvalue weighted by Gasteiger charge is -2.32. The molecule has 2 N–H and O–H groups in total. The number of carbonyl (C=O) groups is 2. The van der Waals surface area contributed by atoms with Crippen LogP contribution < -0.4 is 16.2 Å². The van der Waals surface area contributed by atoms with Crippen molar-refractivity contribution in [3.63, 3.8) is 0 Å². The fourth-order valence-corrected chi connectivity index (χ4v) is 2.94. The van der Waals surface area contributed by atoms with Gasteiger partial charge in [-0.2, -0.15) is 5.10 Å². The summed E-state index contributed by atoms with van der Waals surface area (Å²) in [5.74, 6) is -0.954. The molecule has 0 bridgehead atoms. The summed E-state index contributed by atoms with van der Waals surface area (Å²) in [5.41, 5.74) is 5.55. The second-order valence-electron chi connectivity index (χ2n) is 5.05. The largest absolute Gasteiger partial charge is 0.468 e. The highest BCUT2D eigenvalue weighted by Crippen LogP contribution is 2.26. The van der Waals surface area contributed by atoms with E-state index in [0.29, 0.717) is 36.1 Å². The summed E-state index contributed by atoms with van der Waals surface area (Å²) < 4.78 is 5.90. The zero-order chi connectivity index (χ0) is 16.3. The number of aromatic nitrogens is 2. The topological polar surface area (TPSA) is 108 Å². The molecule has 1 saturated heterocycles. The van der Waals surface area contributed by atoms with Crippen LogP contribution in [0.5, 0.6) is 0 Å². The van der Waals surface area contributed by atoms with Crippen LogP contribution in [-0.4, -0.2) is 41.9 Å². The Labute approximate surface area is 135 Å². The van der Waals surface area contributed by atoms with Crippen molar-refractivity contribution in [3.05, 3.63) is 21.0 Å². The average Bonchev–Trinajstić information content (AvgIpc) is 2.52. The number of nitrogens with zero attached hydrogens (tertiary/aromatic N) is 3. The number of amides is 1. The number of halogens is 1. The molecule has 2 heterocycles. The van der Waals surface area contributed by atoms with Crippen molar-refractivity contribution in [2.75, 3.05) is 25.1 Å². The van der Waals surface area contributed by atoms with Crippen LogP contribution in [0.3, 0.4) is 0 Å². The Hall–Kier alpha value is -1.90. The third kappa shape index (κ3) is 3.46. The highest BCUT2D eigenvalue weighted by Gasteiger charge is 2.25. The van der Waals surface area contributed by atoms with Gasteiger partial charge in [0.25, 0.3) is 5.56 Å². The first-order valence-electron chi connectivity index (χ1n) is 6.80. The van der Waals surface area contributed by atoms with Crippen LogP contribution in [0.25, 0.3) is 0 Å². The molecule has 2 rings (SSSR count). The first kappa shape index (κ1) is 16.5. The Morgan fingerprint density at radius 3 is 2.64 bits per heavy atom. The summed E-state index contributed by atoms with van der Waals surface area (Å²) in [6.07, 6.45) is 2.82. The monoisotopic (exact) mass is 372 g/mol. The van der Waals surface area contributed by atoms with E-state index in [-0.39, 0.29) is 18.4 Å². The van der Waals surface area contributed by atoms with E-state index in [4.69, 9.17) is 5.73 Å². The zero-order valence-electron chi connectivity index (χ0n) is 12.1. The standard InChI is InChI=1S/C13H17BrN4O4/c1-22-10(19)7-18-13(21)11(14)9(6-16-18)17-4-2-8(3-5-17)12(15)20/h6,8H,2-5,7H2,1H3,(H2,15,20). The van der Waals surface area contributed by atoms with Gasteiger partial charge < -0.3 is 15.4 Å². The number of esters is 1. The number of ether oxygens (including phenoxy) is 1. The number of anilines is 1. The van der Waals surface area contributed by atoms with Crippen LogP contribution in [0, 0.1) is 5.92 Å². The van der Waals surface area contributed by atoms with Gasteiger partial charge in [-0.25, -0.2) is 4.68 Å². The Morgan fingerprint density at radius 2 is 2.09 bits per heavy atom. The minimum atomic E-state index is -0.545. The Bertz CT molecular complexity index is 637. The molecule has 0 aromatic carbocycles. The minimum absolute atomic E-state index is 0.123. The van der Waals surface area contributed by atoms with E-state index in [1.54, 1.807) is 0 Å². The molecular weight excluding hydrogens is 356 g/mol. The summed E-state index contributed by atoms with van der Waals surface area (Å²) in [5, 5.41) is 4.00. The van der Waals surface area contributed by atoms with Crippen molar-refractivity contribution in [1.29, 1.82) is 0 Å². The summed E-state index contributed by atoms with van der Waals surface area (Å²) in [7, 11) is 1.25. The quantitative estimate of drug-likeness (QED) is 0.738. The zero-order valence-corrected chi connectivity index (χ0v) is 13.7. The Morgan fingerprint density at radius 1 is 1.45 bits per heavy atom. The van der Waals surface area contributed by atoms with Crippen molar-refractivity contribution in [2.24, 2.45) is 11.7 Å². The molecule has 1 aliphatic heterocycles. The summed E-state index contributed by atoms with van der Waals surface area (Å²) >= 11 is 3.26. The third-order valence-corrected chi connectivity index (χ3v) is 4.46. The predicted molar refractivity (Wildman–Crippen MR) is 82.3 cm³/mol. The van der Waals surface area contributed by atoms with Gasteiger partial charge in [-0.1, -0.05) is 0 Å². The van der Waals surface area contributed by atoms with Gasteiger partial charge in [0.1, 0.15) is 11.0 Å². The van der Waals surface area contributed by atoms with Gasteiger partial charge in [-0.15, -0.1) is 0 Å². The maximum atomic E-state index is 12.2. The van der Waals surface area contributed by atoms with E-state index >= 15 is 0 Å². The normalized spacial score (nSPS) is 15.6. The van der Waals surface area contributed by atoms with Crippen LogP contribution in [0.1, 0.15) is 12.8 Å². The molecule has 9 heteroatoms. The van der Waals surface area contributed by atoms with Crippen LogP contribution in [0.4, 0.5) is 5.69 Å². The van der Waals surface area contributed by atoms with Gasteiger partial charge in [0, 0.05) is 19.0 Å². The van der Waals surface area contributed by atoms with E-state index in [1.807, 2.05) is 4.90 Å². The molecule has 8 nitrogen and oxygen atoms in total. The van der Waals surface area contributed by atoms with Crippen molar-refractivity contribution in [1.82, 2.24) is 9.78 Å². The lowest BCUT2D eigenvalue weighted by Crippen LogP contribution is -2.40. The molecule has 1 aromatic rings. The van der Waals surface area contributed by atoms with E-state index in [1.165, 1.54) is 13.3 Å². The minimum Gasteiger partial charge on any atom is -0.468 e. The summed E-state index contributed by atoms with van der Waals surface area (Å²) in [4.78, 5) is 36.6. The van der Waals surface area contributed by atoms with Crippen LogP contribution in [0.2, 0.25) is 0 Å². The second-order valence-corrected chi connectivity index (χ2v) is 5.84. The summed E-state index contributed by atoms with van der Waals surface area (Å²) in [6, 6.07) is 0. The smallest absolute Gasteiger partial charge is 0.327 e. The molecule has 0 unspecified atom stereocenters.